The molecule has 0 saturated carbocycles. The molecule has 3 amide bonds. The molecule has 0 aliphatic rings. The number of nitrogens with one attached hydrogen (secondary N) is 2. The third-order valence-electron chi connectivity index (χ3n) is 4.53. The molecule has 3 rings (SSSR count). The van der Waals surface area contributed by atoms with E-state index in [4.69, 9.17) is 4.74 Å². The van der Waals surface area contributed by atoms with Gasteiger partial charge < -0.3 is 10.1 Å². The maximum atomic E-state index is 13.7. The van der Waals surface area contributed by atoms with Crippen molar-refractivity contribution in [3.63, 3.8) is 0 Å². The molecule has 0 aliphatic heterocycles. The number of hydrogen-bond donors (Lipinski definition) is 2. The van der Waals surface area contributed by atoms with Gasteiger partial charge in [-0.25, -0.2) is 22.4 Å². The average molecular weight is 486 g/mol. The zero-order valence-electron chi connectivity index (χ0n) is 17.0. The number of alkyl halides is 3. The van der Waals surface area contributed by atoms with Crippen LogP contribution in [0.15, 0.2) is 48.5 Å². The van der Waals surface area contributed by atoms with Gasteiger partial charge in [0.25, 0.3) is 5.91 Å². The Bertz CT molecular complexity index is 1250. The van der Waals surface area contributed by atoms with Crippen molar-refractivity contribution < 1.29 is 45.1 Å². The largest absolute Gasteiger partial charge is 0.496 e. The second-order valence-corrected chi connectivity index (χ2v) is 6.75. The quantitative estimate of drug-likeness (QED) is 0.357. The molecule has 3 aromatic carbocycles. The van der Waals surface area contributed by atoms with Crippen LogP contribution in [0.25, 0.3) is 11.1 Å². The predicted octanol–water partition coefficient (Wildman–Crippen LogP) is 5.90. The molecule has 0 saturated heterocycles. The van der Waals surface area contributed by atoms with Gasteiger partial charge in [-0.15, -0.1) is 0 Å². The number of methoxy groups -OCH3 is 1. The van der Waals surface area contributed by atoms with E-state index in [0.717, 1.165) is 12.1 Å². The number of imide groups is 1. The zero-order valence-corrected chi connectivity index (χ0v) is 17.0. The molecule has 5 nitrogen and oxygen atoms in total. The molecule has 0 unspecified atom stereocenters. The summed E-state index contributed by atoms with van der Waals surface area (Å²) in [6.45, 7) is 0. The highest BCUT2D eigenvalue weighted by Gasteiger charge is 2.30. The van der Waals surface area contributed by atoms with Crippen molar-refractivity contribution >= 4 is 17.6 Å². The van der Waals surface area contributed by atoms with Gasteiger partial charge in [0.1, 0.15) is 11.3 Å². The van der Waals surface area contributed by atoms with Crippen molar-refractivity contribution in [1.82, 2.24) is 5.32 Å². The summed E-state index contributed by atoms with van der Waals surface area (Å²) >= 11 is 0. The Morgan fingerprint density at radius 1 is 0.882 bits per heavy atom. The van der Waals surface area contributed by atoms with E-state index in [1.165, 1.54) is 42.8 Å². The summed E-state index contributed by atoms with van der Waals surface area (Å²) in [5.74, 6) is -9.35. The first-order chi connectivity index (χ1) is 15.9. The minimum absolute atomic E-state index is 0.0238. The minimum Gasteiger partial charge on any atom is -0.496 e. The van der Waals surface area contributed by atoms with E-state index >= 15 is 0 Å². The molecule has 34 heavy (non-hydrogen) atoms. The van der Waals surface area contributed by atoms with Crippen LogP contribution < -0.4 is 15.4 Å². The smallest absolute Gasteiger partial charge is 0.416 e. The highest BCUT2D eigenvalue weighted by molar-refractivity contribution is 6.08. The third-order valence-corrected chi connectivity index (χ3v) is 4.53. The summed E-state index contributed by atoms with van der Waals surface area (Å²) in [4.78, 5) is 24.0. The summed E-state index contributed by atoms with van der Waals surface area (Å²) in [6.07, 6.45) is -4.57. The van der Waals surface area contributed by atoms with Crippen molar-refractivity contribution in [2.45, 2.75) is 6.18 Å². The van der Waals surface area contributed by atoms with Gasteiger partial charge in [-0.3, -0.25) is 10.1 Å². The minimum atomic E-state index is -4.57. The standard InChI is InChI=1S/C22H13F7N2O3/c1-34-16-8-12(5-6-13(16)10-3-2-4-11(7-10)22(27,28)29)30-21(33)31-20(32)17-18(25)14(23)9-15(24)19(17)26/h2-9H,1H3,(H2,30,31,32,33). The molecule has 0 atom stereocenters. The van der Waals surface area contributed by atoms with Gasteiger partial charge in [-0.05, 0) is 29.8 Å². The Morgan fingerprint density at radius 3 is 2.12 bits per heavy atom. The molecule has 0 aliphatic carbocycles. The average Bonchev–Trinajstić information content (AvgIpc) is 2.77. The Morgan fingerprint density at radius 2 is 1.53 bits per heavy atom. The van der Waals surface area contributed by atoms with Crippen LogP contribution in [-0.4, -0.2) is 19.0 Å². The normalized spacial score (nSPS) is 11.2. The summed E-state index contributed by atoms with van der Waals surface area (Å²) in [6, 6.07) is 6.78. The van der Waals surface area contributed by atoms with Crippen molar-refractivity contribution in [1.29, 1.82) is 0 Å². The van der Waals surface area contributed by atoms with Gasteiger partial charge in [0.05, 0.1) is 12.7 Å². The lowest BCUT2D eigenvalue weighted by atomic mass is 10.0. The molecule has 3 aromatic rings. The fourth-order valence-corrected chi connectivity index (χ4v) is 2.97. The number of benzene rings is 3. The van der Waals surface area contributed by atoms with Crippen LogP contribution in [0.2, 0.25) is 0 Å². The van der Waals surface area contributed by atoms with Crippen LogP contribution in [0.1, 0.15) is 15.9 Å². The van der Waals surface area contributed by atoms with Crippen LogP contribution >= 0.6 is 0 Å². The molecule has 12 heteroatoms. The van der Waals surface area contributed by atoms with E-state index < -0.39 is 52.5 Å². The molecular formula is C22H13F7N2O3. The number of halogens is 7. The summed E-state index contributed by atoms with van der Waals surface area (Å²) in [5.41, 5.74) is -2.14. The summed E-state index contributed by atoms with van der Waals surface area (Å²) in [5, 5.41) is 3.66. The molecule has 0 bridgehead atoms. The van der Waals surface area contributed by atoms with Gasteiger partial charge >= 0.3 is 12.2 Å². The molecule has 0 radical (unpaired) electrons. The number of hydrogen-bond acceptors (Lipinski definition) is 3. The van der Waals surface area contributed by atoms with Crippen LogP contribution in [0, 0.1) is 23.3 Å². The van der Waals surface area contributed by atoms with E-state index in [-0.39, 0.29) is 28.6 Å². The van der Waals surface area contributed by atoms with E-state index in [2.05, 4.69) is 5.32 Å². The molecule has 0 aromatic heterocycles. The molecule has 0 heterocycles. The first kappa shape index (κ1) is 24.6. The van der Waals surface area contributed by atoms with E-state index in [0.29, 0.717) is 0 Å². The summed E-state index contributed by atoms with van der Waals surface area (Å²) < 4.78 is 98.1. The monoisotopic (exact) mass is 486 g/mol. The topological polar surface area (TPSA) is 67.4 Å². The van der Waals surface area contributed by atoms with E-state index in [9.17, 15) is 40.3 Å². The maximum Gasteiger partial charge on any atom is 0.416 e. The van der Waals surface area contributed by atoms with Crippen molar-refractivity contribution in [2.75, 3.05) is 12.4 Å². The number of urea groups is 1. The van der Waals surface area contributed by atoms with Crippen molar-refractivity contribution in [3.05, 3.63) is 82.9 Å². The highest BCUT2D eigenvalue weighted by Crippen LogP contribution is 2.36. The molecular weight excluding hydrogens is 473 g/mol. The van der Waals surface area contributed by atoms with Crippen molar-refractivity contribution in [2.24, 2.45) is 0 Å². The Balaban J connectivity index is 1.81. The van der Waals surface area contributed by atoms with Gasteiger partial charge in [-0.2, -0.15) is 13.2 Å². The van der Waals surface area contributed by atoms with Gasteiger partial charge in [0.15, 0.2) is 23.3 Å². The number of amides is 3. The first-order valence-corrected chi connectivity index (χ1v) is 9.23. The number of anilines is 1. The maximum absolute atomic E-state index is 13.7. The second-order valence-electron chi connectivity index (χ2n) is 6.75. The van der Waals surface area contributed by atoms with Crippen LogP contribution in [-0.2, 0) is 6.18 Å². The van der Waals surface area contributed by atoms with Crippen molar-refractivity contribution in [3.8, 4) is 16.9 Å². The second kappa shape index (κ2) is 9.41. The molecule has 0 spiro atoms. The Labute approximate surface area is 187 Å². The zero-order chi connectivity index (χ0) is 25.2. The van der Waals surface area contributed by atoms with E-state index in [1.54, 1.807) is 0 Å². The van der Waals surface area contributed by atoms with Gasteiger partial charge in [0.2, 0.25) is 0 Å². The van der Waals surface area contributed by atoms with Gasteiger partial charge in [-0.1, -0.05) is 12.1 Å². The molecule has 0 fully saturated rings. The number of ether oxygens (including phenoxy) is 1. The lowest BCUT2D eigenvalue weighted by Crippen LogP contribution is -2.35. The third kappa shape index (κ3) is 5.11. The predicted molar refractivity (Wildman–Crippen MR) is 106 cm³/mol. The van der Waals surface area contributed by atoms with Gasteiger partial charge in [0, 0.05) is 23.4 Å². The fraction of sp³-hybridized carbons (Fsp3) is 0.0909. The SMILES string of the molecule is COc1cc(NC(=O)NC(=O)c2c(F)c(F)cc(F)c2F)ccc1-c1cccc(C(F)(F)F)c1. The fourth-order valence-electron chi connectivity index (χ4n) is 2.97. The van der Waals surface area contributed by atoms with E-state index in [1.807, 2.05) is 0 Å². The van der Waals surface area contributed by atoms with Crippen LogP contribution in [0.4, 0.5) is 41.2 Å². The molecule has 178 valence electrons. The Hall–Kier alpha value is -4.09. The number of carbonyl (C=O) groups excluding carboxylic acids is 2. The highest BCUT2D eigenvalue weighted by atomic mass is 19.4. The molecule has 2 N–H and O–H groups in total. The van der Waals surface area contributed by atoms with Crippen LogP contribution in [0.5, 0.6) is 5.75 Å². The number of rotatable bonds is 4. The number of carbonyl (C=O) groups is 2. The Kier molecular flexibility index (Phi) is 6.80. The summed E-state index contributed by atoms with van der Waals surface area (Å²) in [7, 11) is 1.23. The van der Waals surface area contributed by atoms with Crippen LogP contribution in [0.3, 0.4) is 0 Å². The lowest BCUT2D eigenvalue weighted by Gasteiger charge is -2.14. The lowest BCUT2D eigenvalue weighted by molar-refractivity contribution is -0.137. The first-order valence-electron chi connectivity index (χ1n) is 9.23.